The predicted molar refractivity (Wildman–Crippen MR) is 89.3 cm³/mol. The van der Waals surface area contributed by atoms with Crippen LogP contribution >= 0.6 is 0 Å². The monoisotopic (exact) mass is 363 g/mol. The summed E-state index contributed by atoms with van der Waals surface area (Å²) in [5.74, 6) is 0.669. The van der Waals surface area contributed by atoms with Gasteiger partial charge in [-0.15, -0.1) is 0 Å². The van der Waals surface area contributed by atoms with E-state index >= 15 is 0 Å². The average molecular weight is 363 g/mol. The average Bonchev–Trinajstić information content (AvgIpc) is 2.49. The molecule has 0 amide bonds. The Labute approximate surface area is 144 Å². The van der Waals surface area contributed by atoms with Crippen molar-refractivity contribution in [2.75, 3.05) is 13.1 Å². The molecule has 0 aliphatic carbocycles. The third-order valence-electron chi connectivity index (χ3n) is 3.88. The lowest BCUT2D eigenvalue weighted by Gasteiger charge is -2.37. The Kier molecular flexibility index (Phi) is 4.49. The minimum Gasteiger partial charge on any atom is -0.487 e. The first-order valence-electron chi connectivity index (χ1n) is 7.65. The first-order valence-corrected chi connectivity index (χ1v) is 9.09. The number of carbonyl (C=O) groups excluding carboxylic acids is 1. The maximum atomic E-state index is 12.5. The summed E-state index contributed by atoms with van der Waals surface area (Å²) in [6, 6.07) is 8.64. The predicted octanol–water partition coefficient (Wildman–Crippen LogP) is 1.60. The standard InChI is InChI=1S/C17H17NO6S/c1-11-7-14(8-17(20)23-11)24-15-9-18(10-15)25(21,22)16-5-3-13(4-6-16)12(2)19/h3-8,15H,9-10H2,1-2H3. The second-order valence-electron chi connectivity index (χ2n) is 5.87. The van der Waals surface area contributed by atoms with Gasteiger partial charge in [0.2, 0.25) is 10.0 Å². The first kappa shape index (κ1) is 17.4. The highest BCUT2D eigenvalue weighted by Gasteiger charge is 2.38. The quantitative estimate of drug-likeness (QED) is 0.749. The first-order chi connectivity index (χ1) is 11.8. The van der Waals surface area contributed by atoms with Gasteiger partial charge in [0.1, 0.15) is 17.6 Å². The molecule has 0 spiro atoms. The van der Waals surface area contributed by atoms with Crippen molar-refractivity contribution in [1.29, 1.82) is 0 Å². The van der Waals surface area contributed by atoms with E-state index in [4.69, 9.17) is 9.15 Å². The molecular weight excluding hydrogens is 346 g/mol. The Hall–Kier alpha value is -2.45. The van der Waals surface area contributed by atoms with Gasteiger partial charge in [-0.05, 0) is 26.0 Å². The SMILES string of the molecule is CC(=O)c1ccc(S(=O)(=O)N2CC(Oc3cc(C)oc(=O)c3)C2)cc1. The van der Waals surface area contributed by atoms with Crippen LogP contribution in [0.4, 0.5) is 0 Å². The number of hydrogen-bond donors (Lipinski definition) is 0. The normalized spacial score (nSPS) is 15.6. The lowest BCUT2D eigenvalue weighted by atomic mass is 10.2. The van der Waals surface area contributed by atoms with Crippen molar-refractivity contribution in [3.8, 4) is 5.75 Å². The number of ketones is 1. The summed E-state index contributed by atoms with van der Waals surface area (Å²) in [6.45, 7) is 3.44. The number of ether oxygens (including phenoxy) is 1. The topological polar surface area (TPSA) is 93.9 Å². The van der Waals surface area contributed by atoms with E-state index in [0.29, 0.717) is 17.1 Å². The number of sulfonamides is 1. The van der Waals surface area contributed by atoms with Crippen molar-refractivity contribution < 1.29 is 22.4 Å². The molecule has 132 valence electrons. The van der Waals surface area contributed by atoms with E-state index in [1.807, 2.05) is 0 Å². The van der Waals surface area contributed by atoms with Crippen LogP contribution in [-0.4, -0.2) is 37.7 Å². The van der Waals surface area contributed by atoms with Gasteiger partial charge in [0.05, 0.1) is 24.1 Å². The molecular formula is C17H17NO6S. The highest BCUT2D eigenvalue weighted by atomic mass is 32.2. The smallest absolute Gasteiger partial charge is 0.339 e. The molecule has 1 aliphatic rings. The molecule has 0 N–H and O–H groups in total. The molecule has 0 saturated carbocycles. The second-order valence-corrected chi connectivity index (χ2v) is 7.80. The molecule has 1 aliphatic heterocycles. The summed E-state index contributed by atoms with van der Waals surface area (Å²) in [5, 5.41) is 0. The molecule has 0 radical (unpaired) electrons. The summed E-state index contributed by atoms with van der Waals surface area (Å²) in [4.78, 5) is 22.7. The Balaban J connectivity index is 1.66. The van der Waals surface area contributed by atoms with Gasteiger partial charge in [-0.25, -0.2) is 13.2 Å². The van der Waals surface area contributed by atoms with Gasteiger partial charge in [-0.3, -0.25) is 4.79 Å². The Bertz CT molecular complexity index is 955. The third kappa shape index (κ3) is 3.64. The summed E-state index contributed by atoms with van der Waals surface area (Å²) in [6.07, 6.45) is -0.326. The van der Waals surface area contributed by atoms with E-state index in [1.54, 1.807) is 13.0 Å². The molecule has 0 unspecified atom stereocenters. The third-order valence-corrected chi connectivity index (χ3v) is 5.73. The van der Waals surface area contributed by atoms with Gasteiger partial charge >= 0.3 is 5.63 Å². The minimum atomic E-state index is -3.62. The zero-order valence-corrected chi connectivity index (χ0v) is 14.6. The highest BCUT2D eigenvalue weighted by molar-refractivity contribution is 7.89. The van der Waals surface area contributed by atoms with E-state index in [2.05, 4.69) is 0 Å². The van der Waals surface area contributed by atoms with Crippen molar-refractivity contribution in [3.05, 3.63) is 58.1 Å². The van der Waals surface area contributed by atoms with Crippen molar-refractivity contribution >= 4 is 15.8 Å². The lowest BCUT2D eigenvalue weighted by molar-refractivity contribution is 0.0754. The Morgan fingerprint density at radius 3 is 2.40 bits per heavy atom. The number of Topliss-reactive ketones (excluding diaryl/α,β-unsaturated/α-hetero) is 1. The number of aryl methyl sites for hydroxylation is 1. The molecule has 25 heavy (non-hydrogen) atoms. The van der Waals surface area contributed by atoms with Crippen molar-refractivity contribution in [2.24, 2.45) is 0 Å². The maximum absolute atomic E-state index is 12.5. The highest BCUT2D eigenvalue weighted by Crippen LogP contribution is 2.25. The molecule has 1 fully saturated rings. The van der Waals surface area contributed by atoms with Crippen LogP contribution in [0, 0.1) is 6.92 Å². The number of carbonyl (C=O) groups is 1. The van der Waals surface area contributed by atoms with E-state index < -0.39 is 15.6 Å². The van der Waals surface area contributed by atoms with E-state index in [9.17, 15) is 18.0 Å². The Morgan fingerprint density at radius 1 is 1.20 bits per heavy atom. The number of hydrogen-bond acceptors (Lipinski definition) is 6. The number of nitrogens with zero attached hydrogens (tertiary/aromatic N) is 1. The van der Waals surface area contributed by atoms with Gasteiger partial charge in [-0.1, -0.05) is 12.1 Å². The van der Waals surface area contributed by atoms with E-state index in [0.717, 1.165) is 0 Å². The fraction of sp³-hybridized carbons (Fsp3) is 0.294. The molecule has 2 aromatic rings. The summed E-state index contributed by atoms with van der Waals surface area (Å²) in [5.41, 5.74) is -0.0496. The maximum Gasteiger partial charge on any atom is 0.339 e. The van der Waals surface area contributed by atoms with Gasteiger partial charge < -0.3 is 9.15 Å². The van der Waals surface area contributed by atoms with Crippen molar-refractivity contribution in [1.82, 2.24) is 4.31 Å². The van der Waals surface area contributed by atoms with Crippen LogP contribution in [0.2, 0.25) is 0 Å². The summed E-state index contributed by atoms with van der Waals surface area (Å²) >= 11 is 0. The van der Waals surface area contributed by atoms with Crippen LogP contribution in [-0.2, 0) is 10.0 Å². The zero-order valence-electron chi connectivity index (χ0n) is 13.8. The summed E-state index contributed by atoms with van der Waals surface area (Å²) < 4.78 is 36.8. The zero-order chi connectivity index (χ0) is 18.2. The van der Waals surface area contributed by atoms with Gasteiger partial charge in [0.15, 0.2) is 5.78 Å². The molecule has 0 atom stereocenters. The molecule has 8 heteroatoms. The van der Waals surface area contributed by atoms with Crippen LogP contribution in [0.15, 0.2) is 50.5 Å². The molecule has 3 rings (SSSR count). The second kappa shape index (κ2) is 6.45. The Morgan fingerprint density at radius 2 is 1.84 bits per heavy atom. The largest absolute Gasteiger partial charge is 0.487 e. The summed E-state index contributed by atoms with van der Waals surface area (Å²) in [7, 11) is -3.62. The van der Waals surface area contributed by atoms with E-state index in [1.165, 1.54) is 41.6 Å². The fourth-order valence-electron chi connectivity index (χ4n) is 2.52. The van der Waals surface area contributed by atoms with Crippen molar-refractivity contribution in [2.45, 2.75) is 24.8 Å². The van der Waals surface area contributed by atoms with Crippen LogP contribution in [0.1, 0.15) is 23.0 Å². The van der Waals surface area contributed by atoms with Crippen LogP contribution in [0.25, 0.3) is 0 Å². The van der Waals surface area contributed by atoms with Gasteiger partial charge in [0, 0.05) is 11.6 Å². The minimum absolute atomic E-state index is 0.121. The lowest BCUT2D eigenvalue weighted by Crippen LogP contribution is -2.56. The van der Waals surface area contributed by atoms with E-state index in [-0.39, 0.29) is 29.9 Å². The molecule has 2 heterocycles. The van der Waals surface area contributed by atoms with Crippen LogP contribution < -0.4 is 10.4 Å². The molecule has 7 nitrogen and oxygen atoms in total. The van der Waals surface area contributed by atoms with Gasteiger partial charge in [0.25, 0.3) is 0 Å². The molecule has 1 aromatic heterocycles. The molecule has 0 bridgehead atoms. The number of benzene rings is 1. The molecule has 1 aromatic carbocycles. The van der Waals surface area contributed by atoms with Crippen LogP contribution in [0.3, 0.4) is 0 Å². The number of rotatable bonds is 5. The molecule has 1 saturated heterocycles. The van der Waals surface area contributed by atoms with Crippen LogP contribution in [0.5, 0.6) is 5.75 Å². The van der Waals surface area contributed by atoms with Gasteiger partial charge in [-0.2, -0.15) is 4.31 Å². The van der Waals surface area contributed by atoms with Crippen molar-refractivity contribution in [3.63, 3.8) is 0 Å². The fourth-order valence-corrected chi connectivity index (χ4v) is 4.02.